The van der Waals surface area contributed by atoms with Crippen LogP contribution in [0.3, 0.4) is 0 Å². The summed E-state index contributed by atoms with van der Waals surface area (Å²) in [6, 6.07) is 19.9. The first-order chi connectivity index (χ1) is 13.5. The summed E-state index contributed by atoms with van der Waals surface area (Å²) in [5, 5.41) is 18.3. The lowest BCUT2D eigenvalue weighted by Crippen LogP contribution is -2.09. The third-order valence-electron chi connectivity index (χ3n) is 3.86. The topological polar surface area (TPSA) is 91.7 Å². The summed E-state index contributed by atoms with van der Waals surface area (Å²) in [5.74, 6) is 3.31. The Hall–Kier alpha value is -3.69. The van der Waals surface area contributed by atoms with Gasteiger partial charge in [0, 0.05) is 20.9 Å². The number of carboxylic acid groups (broad SMARTS) is 2. The van der Waals surface area contributed by atoms with Crippen molar-refractivity contribution in [3.8, 4) is 11.8 Å². The van der Waals surface area contributed by atoms with Crippen LogP contribution in [0.15, 0.2) is 82.6 Å². The number of carboxylic acids is 2. The third-order valence-corrected chi connectivity index (χ3v) is 5.24. The van der Waals surface area contributed by atoms with Crippen LogP contribution in [-0.2, 0) is 10.8 Å². The van der Waals surface area contributed by atoms with Crippen molar-refractivity contribution in [3.05, 3.63) is 95.1 Å². The molecule has 0 aliphatic heterocycles. The molecule has 0 heterocycles. The summed E-state index contributed by atoms with van der Waals surface area (Å²) in [4.78, 5) is 23.1. The zero-order valence-corrected chi connectivity index (χ0v) is 15.3. The highest BCUT2D eigenvalue weighted by atomic mass is 32.2. The summed E-state index contributed by atoms with van der Waals surface area (Å²) >= 11 is 0. The zero-order valence-electron chi connectivity index (χ0n) is 14.5. The molecule has 0 saturated heterocycles. The second-order valence-electron chi connectivity index (χ2n) is 5.73. The van der Waals surface area contributed by atoms with Crippen molar-refractivity contribution < 1.29 is 24.0 Å². The molecule has 0 aliphatic carbocycles. The van der Waals surface area contributed by atoms with Gasteiger partial charge in [-0.3, -0.25) is 0 Å². The third kappa shape index (κ3) is 4.34. The van der Waals surface area contributed by atoms with E-state index in [0.717, 1.165) is 23.3 Å². The molecular formula is C22H14O5S. The van der Waals surface area contributed by atoms with E-state index in [0.29, 0.717) is 4.90 Å². The van der Waals surface area contributed by atoms with Gasteiger partial charge in [0.1, 0.15) is 0 Å². The molecule has 1 atom stereocenters. The lowest BCUT2D eigenvalue weighted by atomic mass is 10.1. The summed E-state index contributed by atoms with van der Waals surface area (Å²) in [6.45, 7) is 0. The molecule has 0 aliphatic rings. The van der Waals surface area contributed by atoms with Gasteiger partial charge in [0.15, 0.2) is 0 Å². The summed E-state index contributed by atoms with van der Waals surface area (Å²) < 4.78 is 12.7. The second-order valence-corrected chi connectivity index (χ2v) is 7.21. The van der Waals surface area contributed by atoms with Gasteiger partial charge < -0.3 is 10.2 Å². The minimum atomic E-state index is -1.65. The fraction of sp³-hybridized carbons (Fsp3) is 0. The maximum Gasteiger partial charge on any atom is 0.336 e. The van der Waals surface area contributed by atoms with Gasteiger partial charge in [-0.1, -0.05) is 30.0 Å². The van der Waals surface area contributed by atoms with Crippen molar-refractivity contribution in [1.29, 1.82) is 0 Å². The van der Waals surface area contributed by atoms with Gasteiger partial charge in [-0.25, -0.2) is 13.8 Å². The number of benzene rings is 3. The lowest BCUT2D eigenvalue weighted by Gasteiger charge is -2.06. The van der Waals surface area contributed by atoms with Crippen LogP contribution >= 0.6 is 0 Å². The Labute approximate surface area is 163 Å². The first-order valence-electron chi connectivity index (χ1n) is 8.15. The van der Waals surface area contributed by atoms with Crippen molar-refractivity contribution in [2.75, 3.05) is 0 Å². The molecule has 0 bridgehead atoms. The SMILES string of the molecule is O=C(O)c1ccc(S(=O)c2ccc(C#Cc3ccccc3)cc2)cc1C(=O)O. The molecule has 0 amide bonds. The van der Waals surface area contributed by atoms with Crippen LogP contribution in [0.2, 0.25) is 0 Å². The van der Waals surface area contributed by atoms with Gasteiger partial charge in [0.05, 0.1) is 21.9 Å². The Morgan fingerprint density at radius 2 is 1.21 bits per heavy atom. The van der Waals surface area contributed by atoms with Gasteiger partial charge in [0.2, 0.25) is 0 Å². The first-order valence-corrected chi connectivity index (χ1v) is 9.30. The van der Waals surface area contributed by atoms with E-state index < -0.39 is 28.3 Å². The standard InChI is InChI=1S/C22H14O5S/c23-21(24)19-13-12-18(14-20(19)22(25)26)28(27)17-10-8-16(9-11-17)7-6-15-4-2-1-3-5-15/h1-5,8-14H,(H,23,24)(H,25,26). The maximum atomic E-state index is 12.7. The van der Waals surface area contributed by atoms with E-state index in [1.165, 1.54) is 6.07 Å². The van der Waals surface area contributed by atoms with Crippen molar-refractivity contribution >= 4 is 22.7 Å². The number of rotatable bonds is 4. The fourth-order valence-electron chi connectivity index (χ4n) is 2.47. The number of aromatic carboxylic acids is 2. The molecular weight excluding hydrogens is 376 g/mol. The molecule has 0 spiro atoms. The Kier molecular flexibility index (Phi) is 5.68. The van der Waals surface area contributed by atoms with Crippen LogP contribution in [0.5, 0.6) is 0 Å². The van der Waals surface area contributed by atoms with Gasteiger partial charge in [-0.2, -0.15) is 0 Å². The van der Waals surface area contributed by atoms with Crippen LogP contribution in [0.1, 0.15) is 31.8 Å². The zero-order chi connectivity index (χ0) is 20.1. The summed E-state index contributed by atoms with van der Waals surface area (Å²) in [6.07, 6.45) is 0. The molecule has 28 heavy (non-hydrogen) atoms. The summed E-state index contributed by atoms with van der Waals surface area (Å²) in [7, 11) is -1.65. The highest BCUT2D eigenvalue weighted by Crippen LogP contribution is 2.21. The Morgan fingerprint density at radius 1 is 0.679 bits per heavy atom. The van der Waals surface area contributed by atoms with Gasteiger partial charge >= 0.3 is 11.9 Å². The largest absolute Gasteiger partial charge is 0.478 e. The van der Waals surface area contributed by atoms with Crippen molar-refractivity contribution in [2.45, 2.75) is 9.79 Å². The molecule has 0 aromatic heterocycles. The number of hydrogen-bond acceptors (Lipinski definition) is 3. The molecule has 3 aromatic rings. The minimum absolute atomic E-state index is 0.213. The Balaban J connectivity index is 1.85. The molecule has 0 fully saturated rings. The van der Waals surface area contributed by atoms with Crippen LogP contribution in [0.4, 0.5) is 0 Å². The first kappa shape index (κ1) is 19.1. The molecule has 0 saturated carbocycles. The van der Waals surface area contributed by atoms with Crippen molar-refractivity contribution in [1.82, 2.24) is 0 Å². The van der Waals surface area contributed by atoms with E-state index in [1.54, 1.807) is 24.3 Å². The molecule has 3 rings (SSSR count). The van der Waals surface area contributed by atoms with E-state index in [-0.39, 0.29) is 10.5 Å². The molecule has 2 N–H and O–H groups in total. The second kappa shape index (κ2) is 8.33. The Morgan fingerprint density at radius 3 is 1.79 bits per heavy atom. The van der Waals surface area contributed by atoms with Crippen LogP contribution in [0.25, 0.3) is 0 Å². The van der Waals surface area contributed by atoms with E-state index in [1.807, 2.05) is 30.3 Å². The fourth-order valence-corrected chi connectivity index (χ4v) is 3.54. The van der Waals surface area contributed by atoms with Crippen LogP contribution < -0.4 is 0 Å². The average Bonchev–Trinajstić information content (AvgIpc) is 2.72. The Bertz CT molecular complexity index is 1120. The van der Waals surface area contributed by atoms with Gasteiger partial charge in [0.25, 0.3) is 0 Å². The quantitative estimate of drug-likeness (QED) is 0.664. The predicted octanol–water partition coefficient (Wildman–Crippen LogP) is 3.65. The number of hydrogen-bond donors (Lipinski definition) is 2. The smallest absolute Gasteiger partial charge is 0.336 e. The van der Waals surface area contributed by atoms with E-state index in [4.69, 9.17) is 5.11 Å². The highest BCUT2D eigenvalue weighted by molar-refractivity contribution is 7.85. The molecule has 5 nitrogen and oxygen atoms in total. The van der Waals surface area contributed by atoms with E-state index in [9.17, 15) is 18.9 Å². The highest BCUT2D eigenvalue weighted by Gasteiger charge is 2.18. The maximum absolute atomic E-state index is 12.7. The molecule has 1 unspecified atom stereocenters. The normalized spacial score (nSPS) is 11.1. The summed E-state index contributed by atoms with van der Waals surface area (Å²) in [5.41, 5.74) is 0.885. The van der Waals surface area contributed by atoms with Gasteiger partial charge in [-0.15, -0.1) is 0 Å². The van der Waals surface area contributed by atoms with Crippen LogP contribution in [-0.4, -0.2) is 26.4 Å². The van der Waals surface area contributed by atoms with Crippen molar-refractivity contribution in [3.63, 3.8) is 0 Å². The van der Waals surface area contributed by atoms with E-state index >= 15 is 0 Å². The average molecular weight is 390 g/mol. The molecule has 138 valence electrons. The van der Waals surface area contributed by atoms with Gasteiger partial charge in [-0.05, 0) is 54.6 Å². The predicted molar refractivity (Wildman–Crippen MR) is 104 cm³/mol. The molecule has 3 aromatic carbocycles. The van der Waals surface area contributed by atoms with E-state index in [2.05, 4.69) is 11.8 Å². The molecule has 0 radical (unpaired) electrons. The monoisotopic (exact) mass is 390 g/mol. The van der Waals surface area contributed by atoms with Crippen LogP contribution in [0, 0.1) is 11.8 Å². The number of carbonyl (C=O) groups is 2. The molecule has 6 heteroatoms. The minimum Gasteiger partial charge on any atom is -0.478 e. The van der Waals surface area contributed by atoms with Crippen molar-refractivity contribution in [2.24, 2.45) is 0 Å². The lowest BCUT2D eigenvalue weighted by molar-refractivity contribution is 0.0651.